The van der Waals surface area contributed by atoms with Gasteiger partial charge in [0.25, 0.3) is 5.91 Å². The molecule has 5 heteroatoms. The van der Waals surface area contributed by atoms with E-state index in [-0.39, 0.29) is 11.9 Å². The van der Waals surface area contributed by atoms with Gasteiger partial charge in [0.05, 0.1) is 6.61 Å². The van der Waals surface area contributed by atoms with Gasteiger partial charge >= 0.3 is 0 Å². The van der Waals surface area contributed by atoms with E-state index >= 15 is 0 Å². The van der Waals surface area contributed by atoms with E-state index in [0.717, 1.165) is 11.1 Å². The number of carbonyl (C=O) groups is 1. The van der Waals surface area contributed by atoms with Crippen molar-refractivity contribution in [3.8, 4) is 0 Å². The summed E-state index contributed by atoms with van der Waals surface area (Å²) in [6, 6.07) is 7.38. The average Bonchev–Trinajstić information content (AvgIpc) is 2.71. The molecular formula is C12H15N3O2. The number of benzene rings is 1. The lowest BCUT2D eigenvalue weighted by Crippen LogP contribution is -2.24. The molecule has 0 aliphatic carbocycles. The summed E-state index contributed by atoms with van der Waals surface area (Å²) in [4.78, 5) is 15.6. The molecule has 0 radical (unpaired) electrons. The second-order valence-corrected chi connectivity index (χ2v) is 3.82. The van der Waals surface area contributed by atoms with E-state index in [1.54, 1.807) is 14.2 Å². The van der Waals surface area contributed by atoms with Crippen LogP contribution in [-0.2, 0) is 16.1 Å². The Morgan fingerprint density at radius 1 is 1.47 bits per heavy atom. The normalized spacial score (nSPS) is 21.4. The maximum absolute atomic E-state index is 11.7. The maximum atomic E-state index is 11.7. The van der Waals surface area contributed by atoms with Crippen LogP contribution in [0.3, 0.4) is 0 Å². The van der Waals surface area contributed by atoms with E-state index in [1.165, 1.54) is 0 Å². The number of aliphatic imine (C=N–C) groups is 1. The number of ether oxygens (including phenoxy) is 1. The van der Waals surface area contributed by atoms with Crippen LogP contribution in [0.4, 0.5) is 0 Å². The van der Waals surface area contributed by atoms with Gasteiger partial charge in [0.1, 0.15) is 6.04 Å². The first-order chi connectivity index (χ1) is 8.24. The molecule has 1 atom stereocenters. The first-order valence-electron chi connectivity index (χ1n) is 5.36. The third-order valence-corrected chi connectivity index (χ3v) is 2.60. The molecule has 1 fully saturated rings. The Labute approximate surface area is 99.9 Å². The number of hydrogen-bond donors (Lipinski definition) is 2. The van der Waals surface area contributed by atoms with E-state index in [9.17, 15) is 4.79 Å². The molecule has 1 aliphatic rings. The van der Waals surface area contributed by atoms with Crippen molar-refractivity contribution in [2.75, 3.05) is 14.2 Å². The first-order valence-corrected chi connectivity index (χ1v) is 5.36. The summed E-state index contributed by atoms with van der Waals surface area (Å²) < 4.78 is 5.07. The molecule has 1 saturated heterocycles. The van der Waals surface area contributed by atoms with Crippen LogP contribution in [0, 0.1) is 0 Å². The topological polar surface area (TPSA) is 62.7 Å². The largest absolute Gasteiger partial charge is 0.380 e. The van der Waals surface area contributed by atoms with Gasteiger partial charge in [0.2, 0.25) is 0 Å². The number of methoxy groups -OCH3 is 1. The monoisotopic (exact) mass is 233 g/mol. The number of rotatable bonds is 3. The van der Waals surface area contributed by atoms with Gasteiger partial charge in [-0.05, 0) is 11.1 Å². The summed E-state index contributed by atoms with van der Waals surface area (Å²) >= 11 is 0. The summed E-state index contributed by atoms with van der Waals surface area (Å²) in [5.41, 5.74) is 1.96. The highest BCUT2D eigenvalue weighted by molar-refractivity contribution is 6.06. The average molecular weight is 233 g/mol. The standard InChI is InChI=1S/C12H15N3O2/c1-13-12-14-10(11(16)15-12)9-5-3-4-8(6-9)7-17-2/h3-6,10H,7H2,1-2H3,(H2,13,14,15,16). The Balaban J connectivity index is 2.22. The number of carbonyl (C=O) groups excluding carboxylic acids is 1. The van der Waals surface area contributed by atoms with Gasteiger partial charge in [-0.25, -0.2) is 0 Å². The van der Waals surface area contributed by atoms with Crippen molar-refractivity contribution in [1.82, 2.24) is 10.6 Å². The molecule has 90 valence electrons. The molecule has 0 saturated carbocycles. The maximum Gasteiger partial charge on any atom is 0.253 e. The smallest absolute Gasteiger partial charge is 0.253 e. The second-order valence-electron chi connectivity index (χ2n) is 3.82. The fourth-order valence-electron chi connectivity index (χ4n) is 1.81. The Morgan fingerprint density at radius 3 is 2.94 bits per heavy atom. The summed E-state index contributed by atoms with van der Waals surface area (Å²) in [7, 11) is 3.28. The number of nitrogens with zero attached hydrogens (tertiary/aromatic N) is 1. The van der Waals surface area contributed by atoms with Gasteiger partial charge < -0.3 is 10.1 Å². The molecule has 0 bridgehead atoms. The van der Waals surface area contributed by atoms with Crippen LogP contribution < -0.4 is 10.6 Å². The van der Waals surface area contributed by atoms with Gasteiger partial charge in [0, 0.05) is 14.2 Å². The van der Waals surface area contributed by atoms with Crippen LogP contribution in [0.5, 0.6) is 0 Å². The third kappa shape index (κ3) is 2.45. The molecule has 1 aliphatic heterocycles. The van der Waals surface area contributed by atoms with Crippen molar-refractivity contribution in [2.45, 2.75) is 12.6 Å². The van der Waals surface area contributed by atoms with E-state index in [4.69, 9.17) is 4.74 Å². The highest BCUT2D eigenvalue weighted by atomic mass is 16.5. The van der Waals surface area contributed by atoms with Crippen LogP contribution in [-0.4, -0.2) is 26.0 Å². The molecule has 1 unspecified atom stereocenters. The van der Waals surface area contributed by atoms with E-state index in [0.29, 0.717) is 12.6 Å². The predicted molar refractivity (Wildman–Crippen MR) is 64.5 cm³/mol. The van der Waals surface area contributed by atoms with E-state index in [2.05, 4.69) is 15.6 Å². The first kappa shape index (κ1) is 11.6. The zero-order valence-electron chi connectivity index (χ0n) is 9.86. The Hall–Kier alpha value is -1.88. The van der Waals surface area contributed by atoms with E-state index < -0.39 is 0 Å². The molecule has 0 spiro atoms. The fraction of sp³-hybridized carbons (Fsp3) is 0.333. The van der Waals surface area contributed by atoms with Gasteiger partial charge in [-0.15, -0.1) is 0 Å². The van der Waals surface area contributed by atoms with Crippen LogP contribution in [0.25, 0.3) is 0 Å². The lowest BCUT2D eigenvalue weighted by Gasteiger charge is -2.09. The van der Waals surface area contributed by atoms with Gasteiger partial charge in [-0.1, -0.05) is 24.3 Å². The van der Waals surface area contributed by atoms with E-state index in [1.807, 2.05) is 24.3 Å². The van der Waals surface area contributed by atoms with Crippen LogP contribution in [0.1, 0.15) is 17.2 Å². The molecule has 1 aromatic carbocycles. The summed E-state index contributed by atoms with van der Waals surface area (Å²) in [6.07, 6.45) is 0. The van der Waals surface area contributed by atoms with Crippen molar-refractivity contribution >= 4 is 11.9 Å². The van der Waals surface area contributed by atoms with Crippen molar-refractivity contribution in [3.05, 3.63) is 35.4 Å². The lowest BCUT2D eigenvalue weighted by atomic mass is 10.0. The highest BCUT2D eigenvalue weighted by Crippen LogP contribution is 2.18. The number of amides is 1. The van der Waals surface area contributed by atoms with Crippen molar-refractivity contribution in [3.63, 3.8) is 0 Å². The minimum absolute atomic E-state index is 0.0832. The van der Waals surface area contributed by atoms with Crippen LogP contribution in [0.2, 0.25) is 0 Å². The Morgan fingerprint density at radius 2 is 2.29 bits per heavy atom. The zero-order chi connectivity index (χ0) is 12.3. The molecule has 2 rings (SSSR count). The van der Waals surface area contributed by atoms with Crippen molar-refractivity contribution < 1.29 is 9.53 Å². The van der Waals surface area contributed by atoms with Crippen molar-refractivity contribution in [1.29, 1.82) is 0 Å². The van der Waals surface area contributed by atoms with Crippen molar-refractivity contribution in [2.24, 2.45) is 4.99 Å². The quantitative estimate of drug-likeness (QED) is 0.802. The van der Waals surface area contributed by atoms with Crippen LogP contribution in [0.15, 0.2) is 29.3 Å². The molecule has 17 heavy (non-hydrogen) atoms. The molecule has 2 N–H and O–H groups in total. The number of guanidine groups is 1. The Bertz CT molecular complexity index is 457. The third-order valence-electron chi connectivity index (χ3n) is 2.60. The minimum atomic E-state index is -0.370. The van der Waals surface area contributed by atoms with Gasteiger partial charge in [-0.2, -0.15) is 0 Å². The summed E-state index contributed by atoms with van der Waals surface area (Å²) in [5.74, 6) is 0.428. The molecule has 1 aromatic rings. The fourth-order valence-corrected chi connectivity index (χ4v) is 1.81. The molecule has 1 heterocycles. The Kier molecular flexibility index (Phi) is 3.39. The molecule has 5 nitrogen and oxygen atoms in total. The number of nitrogens with one attached hydrogen (secondary N) is 2. The summed E-state index contributed by atoms with van der Waals surface area (Å²) in [6.45, 7) is 0.539. The zero-order valence-corrected chi connectivity index (χ0v) is 9.86. The summed E-state index contributed by atoms with van der Waals surface area (Å²) in [5, 5.41) is 5.70. The number of hydrogen-bond acceptors (Lipinski definition) is 3. The van der Waals surface area contributed by atoms with Gasteiger partial charge in [-0.3, -0.25) is 15.1 Å². The molecule has 1 amide bonds. The SMILES string of the molecule is CN=C1NC(=O)C(c2cccc(COC)c2)N1. The van der Waals surface area contributed by atoms with Gasteiger partial charge in [0.15, 0.2) is 5.96 Å². The lowest BCUT2D eigenvalue weighted by molar-refractivity contribution is -0.120. The van der Waals surface area contributed by atoms with Crippen LogP contribution >= 0.6 is 0 Å². The molecule has 0 aromatic heterocycles. The predicted octanol–water partition coefficient (Wildman–Crippen LogP) is 0.579. The molecular weight excluding hydrogens is 218 g/mol. The minimum Gasteiger partial charge on any atom is -0.380 e. The highest BCUT2D eigenvalue weighted by Gasteiger charge is 2.29. The second kappa shape index (κ2) is 4.97.